The van der Waals surface area contributed by atoms with Gasteiger partial charge in [-0.3, -0.25) is 5.01 Å². The van der Waals surface area contributed by atoms with Crippen molar-refractivity contribution in [2.24, 2.45) is 5.10 Å². The van der Waals surface area contributed by atoms with E-state index in [2.05, 4.69) is 23.8 Å². The van der Waals surface area contributed by atoms with E-state index in [9.17, 15) is 10.5 Å². The molecule has 0 aliphatic rings. The highest BCUT2D eigenvalue weighted by atomic mass is 15.4. The van der Waals surface area contributed by atoms with Crippen molar-refractivity contribution >= 4 is 6.21 Å². The number of hydrazone groups is 1. The molecule has 0 unspecified atom stereocenters. The minimum Gasteiger partial charge on any atom is -0.269 e. The molecule has 1 aromatic rings. The fraction of sp³-hybridized carbons (Fsp3) is 0.421. The lowest BCUT2D eigenvalue weighted by Crippen LogP contribution is -2.20. The molecule has 0 N–H and O–H groups in total. The SMILES string of the molecule is C=CN(Cc1cc(C(C)(C)C#N)cc(C(C)(C)C#N)c1)/N=C\C. The van der Waals surface area contributed by atoms with Crippen LogP contribution in [0.2, 0.25) is 0 Å². The average Bonchev–Trinajstić information content (AvgIpc) is 2.54. The number of rotatable bonds is 6. The summed E-state index contributed by atoms with van der Waals surface area (Å²) in [4.78, 5) is 0. The highest BCUT2D eigenvalue weighted by Gasteiger charge is 2.26. The maximum absolute atomic E-state index is 9.44. The highest BCUT2D eigenvalue weighted by Crippen LogP contribution is 2.30. The largest absolute Gasteiger partial charge is 0.269 e. The Morgan fingerprint density at radius 1 is 1.09 bits per heavy atom. The summed E-state index contributed by atoms with van der Waals surface area (Å²) in [5.41, 5.74) is 1.56. The molecule has 0 radical (unpaired) electrons. The van der Waals surface area contributed by atoms with Crippen LogP contribution >= 0.6 is 0 Å². The Morgan fingerprint density at radius 3 is 1.91 bits per heavy atom. The summed E-state index contributed by atoms with van der Waals surface area (Å²) in [6.07, 6.45) is 3.35. The van der Waals surface area contributed by atoms with Gasteiger partial charge < -0.3 is 0 Å². The standard InChI is InChI=1S/C19H24N4/c1-7-22-23(8-2)12-15-9-16(18(3,4)13-20)11-17(10-15)19(5,6)14-21/h7-11H,2,12H2,1,3-6H3/b22-7-. The van der Waals surface area contributed by atoms with Crippen molar-refractivity contribution in [3.05, 3.63) is 47.7 Å². The molecule has 0 amide bonds. The van der Waals surface area contributed by atoms with Gasteiger partial charge in [-0.2, -0.15) is 15.6 Å². The van der Waals surface area contributed by atoms with E-state index in [0.29, 0.717) is 6.54 Å². The van der Waals surface area contributed by atoms with E-state index in [-0.39, 0.29) is 0 Å². The van der Waals surface area contributed by atoms with Gasteiger partial charge in [-0.15, -0.1) is 0 Å². The molecular weight excluding hydrogens is 284 g/mol. The van der Waals surface area contributed by atoms with E-state index < -0.39 is 10.8 Å². The zero-order valence-electron chi connectivity index (χ0n) is 14.6. The predicted molar refractivity (Wildman–Crippen MR) is 93.6 cm³/mol. The van der Waals surface area contributed by atoms with Gasteiger partial charge in [0.05, 0.1) is 29.5 Å². The first-order chi connectivity index (χ1) is 10.7. The molecular formula is C19H24N4. The molecule has 0 aliphatic heterocycles. The van der Waals surface area contributed by atoms with Crippen LogP contribution in [0.3, 0.4) is 0 Å². The van der Waals surface area contributed by atoms with Gasteiger partial charge in [0, 0.05) is 12.4 Å². The summed E-state index contributed by atoms with van der Waals surface area (Å²) in [6.45, 7) is 13.7. The van der Waals surface area contributed by atoms with Gasteiger partial charge >= 0.3 is 0 Å². The molecule has 23 heavy (non-hydrogen) atoms. The smallest absolute Gasteiger partial charge is 0.0766 e. The molecule has 0 saturated heterocycles. The van der Waals surface area contributed by atoms with Crippen LogP contribution in [0, 0.1) is 22.7 Å². The molecule has 0 aliphatic carbocycles. The Labute approximate surface area is 139 Å². The maximum atomic E-state index is 9.44. The van der Waals surface area contributed by atoms with Gasteiger partial charge in [0.2, 0.25) is 0 Å². The van der Waals surface area contributed by atoms with E-state index in [4.69, 9.17) is 0 Å². The fourth-order valence-corrected chi connectivity index (χ4v) is 2.12. The third kappa shape index (κ3) is 4.44. The first-order valence-electron chi connectivity index (χ1n) is 7.55. The Bertz CT molecular complexity index is 640. The Hall–Kier alpha value is -2.59. The Kier molecular flexibility index (Phi) is 5.71. The first kappa shape index (κ1) is 18.5. The minimum atomic E-state index is -0.622. The van der Waals surface area contributed by atoms with Crippen molar-refractivity contribution in [3.63, 3.8) is 0 Å². The molecule has 120 valence electrons. The summed E-state index contributed by atoms with van der Waals surface area (Å²) in [6, 6.07) is 10.6. The normalized spacial score (nSPS) is 11.8. The van der Waals surface area contributed by atoms with E-state index in [1.54, 1.807) is 17.4 Å². The first-order valence-corrected chi connectivity index (χ1v) is 7.55. The summed E-state index contributed by atoms with van der Waals surface area (Å²) < 4.78 is 0. The molecule has 0 fully saturated rings. The molecule has 0 aromatic heterocycles. The van der Waals surface area contributed by atoms with E-state index in [1.165, 1.54) is 0 Å². The number of benzene rings is 1. The van der Waals surface area contributed by atoms with Crippen LogP contribution < -0.4 is 0 Å². The number of nitrogens with zero attached hydrogens (tertiary/aromatic N) is 4. The van der Waals surface area contributed by atoms with Crippen LogP contribution in [0.4, 0.5) is 0 Å². The lowest BCUT2D eigenvalue weighted by Gasteiger charge is -2.24. The van der Waals surface area contributed by atoms with Gasteiger partial charge in [0.15, 0.2) is 0 Å². The zero-order valence-corrected chi connectivity index (χ0v) is 14.6. The van der Waals surface area contributed by atoms with Crippen LogP contribution in [0.5, 0.6) is 0 Å². The molecule has 0 heterocycles. The topological polar surface area (TPSA) is 63.2 Å². The third-order valence-corrected chi connectivity index (χ3v) is 3.81. The minimum absolute atomic E-state index is 0.539. The number of hydrogen-bond acceptors (Lipinski definition) is 4. The molecule has 4 nitrogen and oxygen atoms in total. The summed E-state index contributed by atoms with van der Waals surface area (Å²) in [5, 5.41) is 24.8. The van der Waals surface area contributed by atoms with Crippen LogP contribution in [0.15, 0.2) is 36.1 Å². The highest BCUT2D eigenvalue weighted by molar-refractivity contribution is 5.52. The van der Waals surface area contributed by atoms with Crippen LogP contribution in [0.25, 0.3) is 0 Å². The summed E-state index contributed by atoms with van der Waals surface area (Å²) in [5.74, 6) is 0. The van der Waals surface area contributed by atoms with Crippen LogP contribution in [-0.2, 0) is 17.4 Å². The third-order valence-electron chi connectivity index (χ3n) is 3.81. The van der Waals surface area contributed by atoms with Crippen molar-refractivity contribution in [2.45, 2.75) is 52.0 Å². The second-order valence-corrected chi connectivity index (χ2v) is 6.55. The molecule has 0 atom stereocenters. The quantitative estimate of drug-likeness (QED) is 0.583. The fourth-order valence-electron chi connectivity index (χ4n) is 2.12. The molecule has 0 saturated carbocycles. The van der Waals surface area contributed by atoms with Crippen molar-refractivity contribution in [1.82, 2.24) is 5.01 Å². The lowest BCUT2D eigenvalue weighted by molar-refractivity contribution is 0.394. The van der Waals surface area contributed by atoms with Crippen molar-refractivity contribution < 1.29 is 0 Å². The van der Waals surface area contributed by atoms with Gasteiger partial charge in [-0.25, -0.2) is 0 Å². The van der Waals surface area contributed by atoms with E-state index in [0.717, 1.165) is 16.7 Å². The Morgan fingerprint density at radius 2 is 1.57 bits per heavy atom. The number of hydrogen-bond donors (Lipinski definition) is 0. The predicted octanol–water partition coefficient (Wildman–Crippen LogP) is 4.24. The van der Waals surface area contributed by atoms with Crippen molar-refractivity contribution in [2.75, 3.05) is 0 Å². The number of nitriles is 2. The molecule has 1 rings (SSSR count). The second-order valence-electron chi connectivity index (χ2n) is 6.55. The van der Waals surface area contributed by atoms with Crippen molar-refractivity contribution in [1.29, 1.82) is 10.5 Å². The van der Waals surface area contributed by atoms with Gasteiger partial charge in [-0.1, -0.05) is 24.8 Å². The van der Waals surface area contributed by atoms with Crippen LogP contribution in [0.1, 0.15) is 51.3 Å². The summed E-state index contributed by atoms with van der Waals surface area (Å²) in [7, 11) is 0. The monoisotopic (exact) mass is 308 g/mol. The van der Waals surface area contributed by atoms with Gasteiger partial charge in [0.1, 0.15) is 0 Å². The molecule has 0 spiro atoms. The lowest BCUT2D eigenvalue weighted by atomic mass is 9.79. The maximum Gasteiger partial charge on any atom is 0.0766 e. The van der Waals surface area contributed by atoms with Crippen molar-refractivity contribution in [3.8, 4) is 12.1 Å². The molecule has 1 aromatic carbocycles. The van der Waals surface area contributed by atoms with Crippen LogP contribution in [-0.4, -0.2) is 11.2 Å². The van der Waals surface area contributed by atoms with E-state index >= 15 is 0 Å². The van der Waals surface area contributed by atoms with Gasteiger partial charge in [0.25, 0.3) is 0 Å². The molecule has 0 bridgehead atoms. The Balaban J connectivity index is 3.45. The van der Waals surface area contributed by atoms with Gasteiger partial charge in [-0.05, 0) is 51.3 Å². The second kappa shape index (κ2) is 7.11. The zero-order chi connectivity index (χ0) is 17.7. The summed E-state index contributed by atoms with van der Waals surface area (Å²) >= 11 is 0. The van der Waals surface area contributed by atoms with E-state index in [1.807, 2.05) is 52.8 Å². The average molecular weight is 308 g/mol. The molecule has 4 heteroatoms.